The molecule has 0 saturated carbocycles. The Morgan fingerprint density at radius 3 is 1.18 bits per heavy atom. The number of methoxy groups -OCH3 is 2. The quantitative estimate of drug-likeness (QED) is 0.0901. The van der Waals surface area contributed by atoms with Gasteiger partial charge in [0.25, 0.3) is 0 Å². The number of carbonyl (C=O) groups is 2. The SMILES string of the molecule is CCOC(=O)Cc1cc(-c2c(OC)cccc2OC(C)C)sc1-c1sc(-c2sc(-c3sc(-c4sc(-c5c(OC)cccc5OC(C)C)cc4CC(=O)O)c(C)c3C)c(C)c2C)c(C)c1C. The molecule has 0 fully saturated rings. The van der Waals surface area contributed by atoms with Crippen LogP contribution < -0.4 is 18.9 Å². The fraction of sp³-hybridized carbons (Fsp3) is 0.346. The van der Waals surface area contributed by atoms with Crippen LogP contribution in [-0.4, -0.2) is 50.1 Å². The standard InChI is InChI=1S/C52H56O8S5/c1-14-58-42(55)24-34-22-40(44-36(57-13)18-16-20-38(44)60-26(4)5)62-52(34)50-32(11)30(9)48(65-50)46-28(7)27(6)45(63-46)47-29(8)31(10)49(64-47)51-33(23-41(53)54)21-39(61-51)43-35(56-12)17-15-19-37(43)59-25(2)3/h15-22,25-26H,14,23-24H2,1-13H3,(H,53,54). The van der Waals surface area contributed by atoms with E-state index in [1.807, 2.05) is 88.4 Å². The van der Waals surface area contributed by atoms with Crippen molar-refractivity contribution in [2.24, 2.45) is 0 Å². The van der Waals surface area contributed by atoms with Crippen molar-refractivity contribution in [2.75, 3.05) is 20.8 Å². The van der Waals surface area contributed by atoms with E-state index in [1.165, 1.54) is 47.3 Å². The fourth-order valence-corrected chi connectivity index (χ4v) is 15.3. The Morgan fingerprint density at radius 2 is 0.862 bits per heavy atom. The summed E-state index contributed by atoms with van der Waals surface area (Å²) in [5, 5.41) is 10.1. The second kappa shape index (κ2) is 19.9. The van der Waals surface area contributed by atoms with Crippen molar-refractivity contribution >= 4 is 68.6 Å². The highest BCUT2D eigenvalue weighted by Crippen LogP contribution is 2.56. The zero-order chi connectivity index (χ0) is 47.0. The highest BCUT2D eigenvalue weighted by Gasteiger charge is 2.29. The Bertz CT molecular complexity index is 2900. The van der Waals surface area contributed by atoms with Crippen LogP contribution in [0.1, 0.15) is 79.1 Å². The first-order valence-electron chi connectivity index (χ1n) is 21.6. The number of aliphatic carboxylic acids is 1. The molecule has 0 unspecified atom stereocenters. The number of hydrogen-bond acceptors (Lipinski definition) is 12. The van der Waals surface area contributed by atoms with Gasteiger partial charge in [-0.15, -0.1) is 56.7 Å². The zero-order valence-electron chi connectivity index (χ0n) is 39.2. The molecular formula is C52H56O8S5. The molecule has 0 aliphatic rings. The summed E-state index contributed by atoms with van der Waals surface area (Å²) in [7, 11) is 3.31. The minimum Gasteiger partial charge on any atom is -0.496 e. The number of ether oxygens (including phenoxy) is 5. The topological polar surface area (TPSA) is 101 Å². The fourth-order valence-electron chi connectivity index (χ4n) is 7.92. The van der Waals surface area contributed by atoms with Crippen LogP contribution in [0.5, 0.6) is 23.0 Å². The lowest BCUT2D eigenvalue weighted by atomic mass is 10.0. The predicted molar refractivity (Wildman–Crippen MR) is 273 cm³/mol. The van der Waals surface area contributed by atoms with E-state index in [9.17, 15) is 14.7 Å². The van der Waals surface area contributed by atoms with Crippen LogP contribution in [0.25, 0.3) is 59.9 Å². The number of hydrogen-bond donors (Lipinski definition) is 1. The van der Waals surface area contributed by atoms with Gasteiger partial charge in [0.2, 0.25) is 0 Å². The van der Waals surface area contributed by atoms with Gasteiger partial charge in [-0.05, 0) is 157 Å². The number of carboxylic acid groups (broad SMARTS) is 1. The van der Waals surface area contributed by atoms with Crippen LogP contribution in [0.2, 0.25) is 0 Å². The molecule has 0 amide bonds. The molecule has 0 aliphatic carbocycles. The van der Waals surface area contributed by atoms with Crippen molar-refractivity contribution < 1.29 is 38.4 Å². The number of carbonyl (C=O) groups excluding carboxylic acids is 1. The highest BCUT2D eigenvalue weighted by molar-refractivity contribution is 7.30. The third-order valence-corrected chi connectivity index (χ3v) is 18.6. The van der Waals surface area contributed by atoms with Crippen molar-refractivity contribution in [1.29, 1.82) is 0 Å². The number of benzene rings is 2. The molecule has 8 nitrogen and oxygen atoms in total. The van der Waals surface area contributed by atoms with E-state index in [4.69, 9.17) is 23.7 Å². The van der Waals surface area contributed by atoms with Gasteiger partial charge in [-0.1, -0.05) is 12.1 Å². The van der Waals surface area contributed by atoms with Gasteiger partial charge in [0, 0.05) is 48.8 Å². The van der Waals surface area contributed by atoms with E-state index in [2.05, 4.69) is 47.6 Å². The summed E-state index contributed by atoms with van der Waals surface area (Å²) < 4.78 is 29.7. The molecule has 0 aliphatic heterocycles. The van der Waals surface area contributed by atoms with Gasteiger partial charge in [0.15, 0.2) is 0 Å². The van der Waals surface area contributed by atoms with Gasteiger partial charge in [0.1, 0.15) is 23.0 Å². The Hall–Kier alpha value is -4.92. The lowest BCUT2D eigenvalue weighted by Gasteiger charge is -2.16. The highest BCUT2D eigenvalue weighted by atomic mass is 32.1. The maximum absolute atomic E-state index is 13.1. The third kappa shape index (κ3) is 9.54. The Balaban J connectivity index is 1.34. The Kier molecular flexibility index (Phi) is 14.7. The largest absolute Gasteiger partial charge is 0.496 e. The predicted octanol–water partition coefficient (Wildman–Crippen LogP) is 15.2. The molecule has 0 bridgehead atoms. The normalized spacial score (nSPS) is 11.5. The molecule has 7 rings (SSSR count). The lowest BCUT2D eigenvalue weighted by molar-refractivity contribution is -0.142. The summed E-state index contributed by atoms with van der Waals surface area (Å²) in [5.41, 5.74) is 10.5. The van der Waals surface area contributed by atoms with E-state index in [0.29, 0.717) is 23.9 Å². The number of rotatable bonds is 17. The molecule has 0 spiro atoms. The van der Waals surface area contributed by atoms with Crippen molar-refractivity contribution in [2.45, 2.75) is 101 Å². The molecule has 7 aromatic rings. The van der Waals surface area contributed by atoms with Gasteiger partial charge in [-0.3, -0.25) is 9.59 Å². The summed E-state index contributed by atoms with van der Waals surface area (Å²) in [6, 6.07) is 15.7. The number of esters is 1. The summed E-state index contributed by atoms with van der Waals surface area (Å²) in [6.45, 7) is 23.3. The summed E-state index contributed by atoms with van der Waals surface area (Å²) >= 11 is 8.56. The maximum atomic E-state index is 13.1. The third-order valence-electron chi connectivity index (χ3n) is 11.4. The molecule has 0 atom stereocenters. The second-order valence-electron chi connectivity index (χ2n) is 16.5. The number of thiophene rings is 5. The Morgan fingerprint density at radius 1 is 0.523 bits per heavy atom. The van der Waals surface area contributed by atoms with E-state index in [0.717, 1.165) is 62.8 Å². The van der Waals surface area contributed by atoms with Gasteiger partial charge in [0.05, 0.1) is 57.0 Å². The second-order valence-corrected chi connectivity index (χ2v) is 21.7. The van der Waals surface area contributed by atoms with Gasteiger partial charge in [-0.2, -0.15) is 0 Å². The summed E-state index contributed by atoms with van der Waals surface area (Å²) in [6.07, 6.45) is -0.0556. The van der Waals surface area contributed by atoms with Crippen LogP contribution >= 0.6 is 56.7 Å². The van der Waals surface area contributed by atoms with Crippen LogP contribution in [-0.2, 0) is 27.2 Å². The molecule has 5 heterocycles. The van der Waals surface area contributed by atoms with Crippen molar-refractivity contribution in [3.05, 3.63) is 93.0 Å². The first-order valence-corrected chi connectivity index (χ1v) is 25.7. The van der Waals surface area contributed by atoms with Crippen molar-refractivity contribution in [1.82, 2.24) is 0 Å². The van der Waals surface area contributed by atoms with Crippen LogP contribution in [0.15, 0.2) is 48.5 Å². The zero-order valence-corrected chi connectivity index (χ0v) is 43.3. The van der Waals surface area contributed by atoms with Crippen molar-refractivity contribution in [3.8, 4) is 82.9 Å². The maximum Gasteiger partial charge on any atom is 0.310 e. The van der Waals surface area contributed by atoms with Crippen molar-refractivity contribution in [3.63, 3.8) is 0 Å². The lowest BCUT2D eigenvalue weighted by Crippen LogP contribution is -2.07. The molecule has 342 valence electrons. The smallest absolute Gasteiger partial charge is 0.310 e. The van der Waals surface area contributed by atoms with E-state index in [-0.39, 0.29) is 31.0 Å². The molecule has 13 heteroatoms. The van der Waals surface area contributed by atoms with Gasteiger partial charge >= 0.3 is 11.9 Å². The molecule has 0 radical (unpaired) electrons. The van der Waals surface area contributed by atoms with E-state index < -0.39 is 5.97 Å². The molecule has 0 saturated heterocycles. The minimum atomic E-state index is -0.882. The molecule has 5 aromatic heterocycles. The van der Waals surface area contributed by atoms with Gasteiger partial charge in [-0.25, -0.2) is 0 Å². The van der Waals surface area contributed by atoms with E-state index >= 15 is 0 Å². The van der Waals surface area contributed by atoms with Crippen LogP contribution in [0, 0.1) is 41.5 Å². The van der Waals surface area contributed by atoms with Gasteiger partial charge < -0.3 is 28.8 Å². The Labute approximate surface area is 402 Å². The minimum absolute atomic E-state index is 0.0411. The first kappa shape index (κ1) is 48.0. The first-order chi connectivity index (χ1) is 31.0. The molecular weight excluding hydrogens is 913 g/mol. The average Bonchev–Trinajstić information content (AvgIpc) is 4.05. The molecule has 65 heavy (non-hydrogen) atoms. The van der Waals surface area contributed by atoms with Crippen LogP contribution in [0.3, 0.4) is 0 Å². The molecule has 1 N–H and O–H groups in total. The van der Waals surface area contributed by atoms with E-state index in [1.54, 1.807) is 59.6 Å². The summed E-state index contributed by atoms with van der Waals surface area (Å²) in [5.74, 6) is 1.66. The monoisotopic (exact) mass is 968 g/mol. The van der Waals surface area contributed by atoms with Crippen LogP contribution in [0.4, 0.5) is 0 Å². The summed E-state index contributed by atoms with van der Waals surface area (Å²) in [4.78, 5) is 36.4. The average molecular weight is 969 g/mol. The molecule has 2 aromatic carbocycles. The number of carboxylic acids is 1.